The Morgan fingerprint density at radius 2 is 2.18 bits per heavy atom. The average molecular weight is 236 g/mol. The van der Waals surface area contributed by atoms with Crippen molar-refractivity contribution in [3.63, 3.8) is 0 Å². The fourth-order valence-corrected chi connectivity index (χ4v) is 2.65. The van der Waals surface area contributed by atoms with E-state index in [1.165, 1.54) is 5.56 Å². The van der Waals surface area contributed by atoms with Crippen molar-refractivity contribution >= 4 is 5.69 Å². The van der Waals surface area contributed by atoms with Crippen molar-refractivity contribution in [1.82, 2.24) is 0 Å². The molecule has 2 N–H and O–H groups in total. The Kier molecular flexibility index (Phi) is 3.67. The molecule has 1 unspecified atom stereocenters. The van der Waals surface area contributed by atoms with E-state index >= 15 is 0 Å². The van der Waals surface area contributed by atoms with E-state index in [2.05, 4.69) is 18.7 Å². The molecule has 0 fully saturated rings. The smallest absolute Gasteiger partial charge is 0.125 e. The maximum absolute atomic E-state index is 13.3. The van der Waals surface area contributed by atoms with Crippen molar-refractivity contribution in [3.8, 4) is 0 Å². The maximum Gasteiger partial charge on any atom is 0.125 e. The second kappa shape index (κ2) is 5.05. The zero-order valence-corrected chi connectivity index (χ0v) is 10.6. The van der Waals surface area contributed by atoms with Crippen LogP contribution in [-0.2, 0) is 6.42 Å². The molecule has 0 aromatic heterocycles. The molecule has 1 aliphatic heterocycles. The van der Waals surface area contributed by atoms with E-state index in [4.69, 9.17) is 5.73 Å². The summed E-state index contributed by atoms with van der Waals surface area (Å²) in [7, 11) is 0. The van der Waals surface area contributed by atoms with Crippen molar-refractivity contribution in [3.05, 3.63) is 29.6 Å². The van der Waals surface area contributed by atoms with Crippen LogP contribution in [0.15, 0.2) is 18.2 Å². The molecule has 0 aliphatic carbocycles. The molecule has 1 aromatic carbocycles. The average Bonchev–Trinajstić information content (AvgIpc) is 2.68. The normalized spacial score (nSPS) is 16.4. The number of anilines is 1. The lowest BCUT2D eigenvalue weighted by molar-refractivity contribution is 0.475. The van der Waals surface area contributed by atoms with E-state index in [9.17, 15) is 4.39 Å². The van der Waals surface area contributed by atoms with Gasteiger partial charge in [0.15, 0.2) is 0 Å². The fourth-order valence-electron chi connectivity index (χ4n) is 2.65. The van der Waals surface area contributed by atoms with Gasteiger partial charge in [-0.2, -0.15) is 0 Å². The van der Waals surface area contributed by atoms with Crippen LogP contribution in [0.3, 0.4) is 0 Å². The van der Waals surface area contributed by atoms with Crippen LogP contribution < -0.4 is 10.6 Å². The van der Waals surface area contributed by atoms with Gasteiger partial charge in [0, 0.05) is 24.8 Å². The highest BCUT2D eigenvalue weighted by molar-refractivity contribution is 5.59. The number of fused-ring (bicyclic) bond motifs is 1. The second-order valence-corrected chi connectivity index (χ2v) is 5.24. The summed E-state index contributed by atoms with van der Waals surface area (Å²) in [4.78, 5) is 2.28. The Bertz CT molecular complexity index is 390. The van der Waals surface area contributed by atoms with Gasteiger partial charge >= 0.3 is 0 Å². The Hall–Kier alpha value is -1.09. The number of rotatable bonds is 4. The third-order valence-corrected chi connectivity index (χ3v) is 3.44. The molecule has 1 atom stereocenters. The summed E-state index contributed by atoms with van der Waals surface area (Å²) in [6.07, 6.45) is 2.07. The molecule has 0 saturated carbocycles. The molecule has 94 valence electrons. The van der Waals surface area contributed by atoms with Gasteiger partial charge in [-0.1, -0.05) is 19.9 Å². The van der Waals surface area contributed by atoms with Crippen LogP contribution in [0.1, 0.15) is 25.8 Å². The van der Waals surface area contributed by atoms with Gasteiger partial charge in [-0.3, -0.25) is 0 Å². The number of hydrogen-bond acceptors (Lipinski definition) is 2. The van der Waals surface area contributed by atoms with Crippen LogP contribution in [0.5, 0.6) is 0 Å². The monoisotopic (exact) mass is 236 g/mol. The van der Waals surface area contributed by atoms with Crippen molar-refractivity contribution in [2.75, 3.05) is 18.0 Å². The largest absolute Gasteiger partial charge is 0.367 e. The van der Waals surface area contributed by atoms with Gasteiger partial charge < -0.3 is 10.6 Å². The number of halogens is 1. The first-order valence-corrected chi connectivity index (χ1v) is 6.37. The van der Waals surface area contributed by atoms with Crippen molar-refractivity contribution in [1.29, 1.82) is 0 Å². The quantitative estimate of drug-likeness (QED) is 0.870. The number of hydrogen-bond donors (Lipinski definition) is 1. The third-order valence-electron chi connectivity index (χ3n) is 3.44. The topological polar surface area (TPSA) is 29.3 Å². The summed E-state index contributed by atoms with van der Waals surface area (Å²) >= 11 is 0. The summed E-state index contributed by atoms with van der Waals surface area (Å²) in [6.45, 7) is 6.00. The molecule has 17 heavy (non-hydrogen) atoms. The molecule has 2 nitrogen and oxygen atoms in total. The Balaban J connectivity index is 2.22. The summed E-state index contributed by atoms with van der Waals surface area (Å²) in [5, 5.41) is 0. The van der Waals surface area contributed by atoms with E-state index in [0.717, 1.165) is 25.1 Å². The first-order chi connectivity index (χ1) is 8.11. The Morgan fingerprint density at radius 3 is 2.82 bits per heavy atom. The number of nitrogens with two attached hydrogens (primary N) is 1. The van der Waals surface area contributed by atoms with Gasteiger partial charge in [-0.05, 0) is 36.5 Å². The first-order valence-electron chi connectivity index (χ1n) is 6.37. The molecule has 1 aromatic rings. The summed E-state index contributed by atoms with van der Waals surface area (Å²) < 4.78 is 13.3. The second-order valence-electron chi connectivity index (χ2n) is 5.24. The SMILES string of the molecule is CC(C)CC(CN)N1CCc2ccc(F)cc21. The summed E-state index contributed by atoms with van der Waals surface area (Å²) in [5.74, 6) is 0.456. The lowest BCUT2D eigenvalue weighted by atomic mass is 10.0. The predicted molar refractivity (Wildman–Crippen MR) is 69.7 cm³/mol. The molecular weight excluding hydrogens is 215 g/mol. The lowest BCUT2D eigenvalue weighted by Crippen LogP contribution is -2.40. The van der Waals surface area contributed by atoms with Crippen molar-refractivity contribution in [2.24, 2.45) is 11.7 Å². The van der Waals surface area contributed by atoms with Gasteiger partial charge in [0.25, 0.3) is 0 Å². The van der Waals surface area contributed by atoms with E-state index < -0.39 is 0 Å². The van der Waals surface area contributed by atoms with E-state index in [1.54, 1.807) is 12.1 Å². The van der Waals surface area contributed by atoms with Crippen molar-refractivity contribution < 1.29 is 4.39 Å². The molecule has 0 amide bonds. The third kappa shape index (κ3) is 2.60. The highest BCUT2D eigenvalue weighted by Crippen LogP contribution is 2.31. The van der Waals surface area contributed by atoms with Crippen molar-refractivity contribution in [2.45, 2.75) is 32.7 Å². The molecule has 0 spiro atoms. The molecule has 3 heteroatoms. The Labute approximate surface area is 103 Å². The lowest BCUT2D eigenvalue weighted by Gasteiger charge is -2.30. The standard InChI is InChI=1S/C14H21FN2/c1-10(2)7-13(9-16)17-6-5-11-3-4-12(15)8-14(11)17/h3-4,8,10,13H,5-7,9,16H2,1-2H3. The fraction of sp³-hybridized carbons (Fsp3) is 0.571. The highest BCUT2D eigenvalue weighted by Gasteiger charge is 2.25. The minimum atomic E-state index is -0.157. The van der Waals surface area contributed by atoms with E-state index in [-0.39, 0.29) is 5.82 Å². The minimum Gasteiger partial charge on any atom is -0.367 e. The molecule has 0 radical (unpaired) electrons. The van der Waals surface area contributed by atoms with Gasteiger partial charge in [0.1, 0.15) is 5.82 Å². The summed E-state index contributed by atoms with van der Waals surface area (Å²) in [6, 6.07) is 5.42. The molecule has 2 rings (SSSR count). The van der Waals surface area contributed by atoms with Crippen LogP contribution in [-0.4, -0.2) is 19.1 Å². The van der Waals surface area contributed by atoms with Crippen LogP contribution >= 0.6 is 0 Å². The van der Waals surface area contributed by atoms with Crippen LogP contribution in [0.4, 0.5) is 10.1 Å². The van der Waals surface area contributed by atoms with Gasteiger partial charge in [-0.25, -0.2) is 4.39 Å². The molecule has 1 heterocycles. The molecular formula is C14H21FN2. The van der Waals surface area contributed by atoms with Gasteiger partial charge in [0.05, 0.1) is 0 Å². The van der Waals surface area contributed by atoms with Crippen LogP contribution in [0.2, 0.25) is 0 Å². The van der Waals surface area contributed by atoms with E-state index in [0.29, 0.717) is 18.5 Å². The number of nitrogens with zero attached hydrogens (tertiary/aromatic N) is 1. The zero-order valence-electron chi connectivity index (χ0n) is 10.6. The highest BCUT2D eigenvalue weighted by atomic mass is 19.1. The van der Waals surface area contributed by atoms with Gasteiger partial charge in [-0.15, -0.1) is 0 Å². The Morgan fingerprint density at radius 1 is 1.41 bits per heavy atom. The summed E-state index contributed by atoms with van der Waals surface area (Å²) in [5.41, 5.74) is 8.15. The van der Waals surface area contributed by atoms with Crippen LogP contribution in [0.25, 0.3) is 0 Å². The zero-order chi connectivity index (χ0) is 12.4. The number of benzene rings is 1. The maximum atomic E-state index is 13.3. The molecule has 0 saturated heterocycles. The molecule has 1 aliphatic rings. The minimum absolute atomic E-state index is 0.157. The first kappa shape index (κ1) is 12.4. The predicted octanol–water partition coefficient (Wildman–Crippen LogP) is 2.56. The van der Waals surface area contributed by atoms with E-state index in [1.807, 2.05) is 6.07 Å². The van der Waals surface area contributed by atoms with Gasteiger partial charge in [0.2, 0.25) is 0 Å². The van der Waals surface area contributed by atoms with Crippen LogP contribution in [0, 0.1) is 11.7 Å². The molecule has 0 bridgehead atoms.